The standard InChI is InChI=1S/C20H18N4/c1-4-16-10-19(13(2)3)24-20(23-16)17(12-22-24)15-9-14-7-5-6-8-18(14)21-11-15/h4-13H,1H2,2-3H3. The van der Waals surface area contributed by atoms with Crippen LogP contribution in [-0.4, -0.2) is 19.6 Å². The van der Waals surface area contributed by atoms with Gasteiger partial charge in [0, 0.05) is 28.4 Å². The van der Waals surface area contributed by atoms with E-state index in [-0.39, 0.29) is 0 Å². The maximum Gasteiger partial charge on any atom is 0.163 e. The average Bonchev–Trinajstić information content (AvgIpc) is 3.04. The van der Waals surface area contributed by atoms with Crippen LogP contribution in [0.5, 0.6) is 0 Å². The van der Waals surface area contributed by atoms with E-state index in [2.05, 4.69) is 42.6 Å². The second-order valence-electron chi connectivity index (χ2n) is 6.18. The first-order valence-corrected chi connectivity index (χ1v) is 8.03. The zero-order chi connectivity index (χ0) is 16.7. The summed E-state index contributed by atoms with van der Waals surface area (Å²) in [5, 5.41) is 5.67. The van der Waals surface area contributed by atoms with Gasteiger partial charge in [-0.05, 0) is 30.2 Å². The third kappa shape index (κ3) is 2.27. The molecule has 0 fully saturated rings. The lowest BCUT2D eigenvalue weighted by atomic mass is 10.1. The number of rotatable bonds is 3. The molecule has 3 aromatic heterocycles. The highest BCUT2D eigenvalue weighted by Gasteiger charge is 2.14. The summed E-state index contributed by atoms with van der Waals surface area (Å²) >= 11 is 0. The summed E-state index contributed by atoms with van der Waals surface area (Å²) in [7, 11) is 0. The van der Waals surface area contributed by atoms with Gasteiger partial charge in [0.15, 0.2) is 5.65 Å². The van der Waals surface area contributed by atoms with Crippen molar-refractivity contribution in [3.63, 3.8) is 0 Å². The summed E-state index contributed by atoms with van der Waals surface area (Å²) in [6.07, 6.45) is 5.53. The zero-order valence-corrected chi connectivity index (χ0v) is 13.8. The van der Waals surface area contributed by atoms with Crippen molar-refractivity contribution in [1.29, 1.82) is 0 Å². The first-order valence-electron chi connectivity index (χ1n) is 8.03. The minimum absolute atomic E-state index is 0.344. The fourth-order valence-electron chi connectivity index (χ4n) is 2.94. The molecule has 0 N–H and O–H groups in total. The summed E-state index contributed by atoms with van der Waals surface area (Å²) < 4.78 is 1.92. The number of aromatic nitrogens is 4. The lowest BCUT2D eigenvalue weighted by Gasteiger charge is -2.10. The Bertz CT molecular complexity index is 1060. The van der Waals surface area contributed by atoms with Crippen molar-refractivity contribution >= 4 is 22.6 Å². The van der Waals surface area contributed by atoms with Crippen LogP contribution in [0.15, 0.2) is 55.4 Å². The van der Waals surface area contributed by atoms with Gasteiger partial charge in [-0.1, -0.05) is 38.6 Å². The molecular weight excluding hydrogens is 296 g/mol. The molecule has 0 saturated carbocycles. The van der Waals surface area contributed by atoms with Gasteiger partial charge in [0.1, 0.15) is 0 Å². The molecule has 118 valence electrons. The predicted molar refractivity (Wildman–Crippen MR) is 97.9 cm³/mol. The van der Waals surface area contributed by atoms with Crippen LogP contribution in [0.2, 0.25) is 0 Å². The van der Waals surface area contributed by atoms with Gasteiger partial charge in [-0.2, -0.15) is 5.10 Å². The van der Waals surface area contributed by atoms with Crippen molar-refractivity contribution in [2.75, 3.05) is 0 Å². The summed E-state index contributed by atoms with van der Waals surface area (Å²) in [5.41, 5.74) is 5.82. The number of para-hydroxylation sites is 1. The number of nitrogens with zero attached hydrogens (tertiary/aromatic N) is 4. The Hall–Kier alpha value is -3.01. The first-order chi connectivity index (χ1) is 11.7. The van der Waals surface area contributed by atoms with Crippen molar-refractivity contribution < 1.29 is 0 Å². The van der Waals surface area contributed by atoms with E-state index in [1.807, 2.05) is 41.2 Å². The van der Waals surface area contributed by atoms with E-state index >= 15 is 0 Å². The number of pyridine rings is 1. The van der Waals surface area contributed by atoms with Crippen molar-refractivity contribution in [1.82, 2.24) is 19.6 Å². The monoisotopic (exact) mass is 314 g/mol. The molecule has 0 aliphatic carbocycles. The third-order valence-corrected chi connectivity index (χ3v) is 4.22. The van der Waals surface area contributed by atoms with E-state index in [0.29, 0.717) is 5.92 Å². The Morgan fingerprint density at radius 1 is 1.12 bits per heavy atom. The van der Waals surface area contributed by atoms with Crippen LogP contribution in [0.4, 0.5) is 0 Å². The largest absolute Gasteiger partial charge is 0.256 e. The molecule has 0 amide bonds. The highest BCUT2D eigenvalue weighted by atomic mass is 15.3. The lowest BCUT2D eigenvalue weighted by molar-refractivity contribution is 0.748. The van der Waals surface area contributed by atoms with Gasteiger partial charge in [-0.3, -0.25) is 4.98 Å². The third-order valence-electron chi connectivity index (χ3n) is 4.22. The van der Waals surface area contributed by atoms with Crippen LogP contribution in [-0.2, 0) is 0 Å². The molecule has 4 nitrogen and oxygen atoms in total. The number of hydrogen-bond acceptors (Lipinski definition) is 3. The topological polar surface area (TPSA) is 43.1 Å². The quantitative estimate of drug-likeness (QED) is 0.550. The van der Waals surface area contributed by atoms with Gasteiger partial charge in [0.05, 0.1) is 17.4 Å². The minimum atomic E-state index is 0.344. The van der Waals surface area contributed by atoms with Crippen molar-refractivity contribution in [2.45, 2.75) is 19.8 Å². The molecule has 0 radical (unpaired) electrons. The molecule has 0 atom stereocenters. The lowest BCUT2D eigenvalue weighted by Crippen LogP contribution is -2.03. The number of hydrogen-bond donors (Lipinski definition) is 0. The molecule has 0 spiro atoms. The van der Waals surface area contributed by atoms with E-state index in [1.54, 1.807) is 6.08 Å². The van der Waals surface area contributed by atoms with Crippen molar-refractivity contribution in [3.8, 4) is 11.1 Å². The highest BCUT2D eigenvalue weighted by molar-refractivity contribution is 5.86. The molecule has 0 saturated heterocycles. The Kier molecular flexibility index (Phi) is 3.38. The van der Waals surface area contributed by atoms with E-state index in [9.17, 15) is 0 Å². The first kappa shape index (κ1) is 14.6. The molecule has 1 aromatic carbocycles. The van der Waals surface area contributed by atoms with Gasteiger partial charge in [-0.15, -0.1) is 0 Å². The normalized spacial score (nSPS) is 11.5. The van der Waals surface area contributed by atoms with Gasteiger partial charge in [-0.25, -0.2) is 9.50 Å². The molecule has 4 heteroatoms. The maximum absolute atomic E-state index is 4.71. The molecular formula is C20H18N4. The molecule has 0 aliphatic rings. The molecule has 0 bridgehead atoms. The van der Waals surface area contributed by atoms with Crippen LogP contribution in [0, 0.1) is 0 Å². The van der Waals surface area contributed by atoms with Gasteiger partial charge in [0.25, 0.3) is 0 Å². The van der Waals surface area contributed by atoms with E-state index in [0.717, 1.165) is 39.1 Å². The average molecular weight is 314 g/mol. The SMILES string of the molecule is C=Cc1cc(C(C)C)n2ncc(-c3cnc4ccccc4c3)c2n1. The van der Waals surface area contributed by atoms with E-state index in [1.165, 1.54) is 0 Å². The summed E-state index contributed by atoms with van der Waals surface area (Å²) in [5.74, 6) is 0.344. The van der Waals surface area contributed by atoms with Crippen LogP contribution in [0.1, 0.15) is 31.2 Å². The predicted octanol–water partition coefficient (Wildman–Crippen LogP) is 4.71. The summed E-state index contributed by atoms with van der Waals surface area (Å²) in [6.45, 7) is 8.17. The fourth-order valence-corrected chi connectivity index (χ4v) is 2.94. The number of fused-ring (bicyclic) bond motifs is 2. The van der Waals surface area contributed by atoms with E-state index < -0.39 is 0 Å². The smallest absolute Gasteiger partial charge is 0.163 e. The van der Waals surface area contributed by atoms with Gasteiger partial charge < -0.3 is 0 Å². The Morgan fingerprint density at radius 2 is 1.96 bits per heavy atom. The molecule has 4 rings (SSSR count). The number of benzene rings is 1. The molecule has 0 unspecified atom stereocenters. The second-order valence-corrected chi connectivity index (χ2v) is 6.18. The van der Waals surface area contributed by atoms with Crippen LogP contribution >= 0.6 is 0 Å². The molecule has 24 heavy (non-hydrogen) atoms. The highest BCUT2D eigenvalue weighted by Crippen LogP contribution is 2.28. The van der Waals surface area contributed by atoms with E-state index in [4.69, 9.17) is 4.98 Å². The Labute approximate surface area is 140 Å². The van der Waals surface area contributed by atoms with Crippen LogP contribution in [0.3, 0.4) is 0 Å². The van der Waals surface area contributed by atoms with Crippen molar-refractivity contribution in [3.05, 3.63) is 66.8 Å². The molecule has 0 aliphatic heterocycles. The summed E-state index contributed by atoms with van der Waals surface area (Å²) in [6, 6.07) is 12.3. The van der Waals surface area contributed by atoms with Gasteiger partial charge >= 0.3 is 0 Å². The maximum atomic E-state index is 4.71. The van der Waals surface area contributed by atoms with Crippen LogP contribution < -0.4 is 0 Å². The summed E-state index contributed by atoms with van der Waals surface area (Å²) in [4.78, 5) is 9.27. The molecule has 3 heterocycles. The Balaban J connectivity index is 1.98. The molecule has 4 aromatic rings. The van der Waals surface area contributed by atoms with Crippen LogP contribution in [0.25, 0.3) is 33.8 Å². The Morgan fingerprint density at radius 3 is 2.75 bits per heavy atom. The van der Waals surface area contributed by atoms with Gasteiger partial charge in [0.2, 0.25) is 0 Å². The fraction of sp³-hybridized carbons (Fsp3) is 0.150. The zero-order valence-electron chi connectivity index (χ0n) is 13.8. The second kappa shape index (κ2) is 5.57. The minimum Gasteiger partial charge on any atom is -0.256 e. The van der Waals surface area contributed by atoms with Crippen molar-refractivity contribution in [2.24, 2.45) is 0 Å².